The number of carbonyl (C=O) groups is 1. The van der Waals surface area contributed by atoms with E-state index in [-0.39, 0.29) is 12.3 Å². The summed E-state index contributed by atoms with van der Waals surface area (Å²) < 4.78 is 0. The molecule has 0 bridgehead atoms. The number of unbranched alkanes of at least 4 members (excludes halogenated alkanes) is 2. The molecular weight excluding hydrogens is 250 g/mol. The van der Waals surface area contributed by atoms with Crippen LogP contribution in [0.3, 0.4) is 0 Å². The maximum Gasteiger partial charge on any atom is 0.303 e. The molecule has 3 N–H and O–H groups in total. The number of benzene rings is 1. The van der Waals surface area contributed by atoms with Gasteiger partial charge in [-0.1, -0.05) is 43.3 Å². The zero-order valence-corrected chi connectivity index (χ0v) is 12.2. The van der Waals surface area contributed by atoms with Crippen LogP contribution in [0.15, 0.2) is 30.3 Å². The van der Waals surface area contributed by atoms with Gasteiger partial charge in [0.25, 0.3) is 0 Å². The number of carboxylic acids is 1. The molecule has 0 fully saturated rings. The zero-order chi connectivity index (χ0) is 14.8. The lowest BCUT2D eigenvalue weighted by Crippen LogP contribution is -2.00. The molecule has 0 aliphatic heterocycles. The molecule has 1 rings (SSSR count). The van der Waals surface area contributed by atoms with Gasteiger partial charge in [0.1, 0.15) is 0 Å². The number of hydrogen-bond donors (Lipinski definition) is 2. The fourth-order valence-electron chi connectivity index (χ4n) is 2.07. The van der Waals surface area contributed by atoms with Crippen molar-refractivity contribution in [2.45, 2.75) is 44.9 Å². The summed E-state index contributed by atoms with van der Waals surface area (Å²) >= 11 is 0. The Morgan fingerprint density at radius 3 is 2.60 bits per heavy atom. The molecule has 0 amide bonds. The van der Waals surface area contributed by atoms with Crippen molar-refractivity contribution in [1.82, 2.24) is 0 Å². The topological polar surface area (TPSA) is 63.3 Å². The normalized spacial score (nSPS) is 12.7. The number of carboxylic acid groups (broad SMARTS) is 1. The molecular formula is C17H25NO2. The van der Waals surface area contributed by atoms with Crippen molar-refractivity contribution in [1.29, 1.82) is 0 Å². The molecule has 0 aliphatic rings. The first-order chi connectivity index (χ1) is 9.63. The van der Waals surface area contributed by atoms with E-state index < -0.39 is 5.97 Å². The molecule has 1 aromatic carbocycles. The summed E-state index contributed by atoms with van der Waals surface area (Å²) in [6, 6.07) is 8.36. The lowest BCUT2D eigenvalue weighted by molar-refractivity contribution is -0.137. The molecule has 0 saturated carbocycles. The summed E-state index contributed by atoms with van der Waals surface area (Å²) in [4.78, 5) is 10.6. The van der Waals surface area contributed by atoms with Crippen LogP contribution in [0, 0.1) is 0 Å². The van der Waals surface area contributed by atoms with Gasteiger partial charge in [-0.2, -0.15) is 0 Å². The van der Waals surface area contributed by atoms with E-state index in [0.29, 0.717) is 6.42 Å². The van der Waals surface area contributed by atoms with Crippen LogP contribution in [0.25, 0.3) is 6.08 Å². The van der Waals surface area contributed by atoms with Crippen molar-refractivity contribution in [2.75, 3.05) is 6.54 Å². The van der Waals surface area contributed by atoms with Crippen molar-refractivity contribution < 1.29 is 9.90 Å². The Hall–Kier alpha value is -1.61. The van der Waals surface area contributed by atoms with Crippen molar-refractivity contribution >= 4 is 12.0 Å². The molecule has 1 atom stereocenters. The SMILES string of the molecule is CC(CCC(=O)O)c1ccc(/C=C/CCCCN)cc1. The van der Waals surface area contributed by atoms with Gasteiger partial charge in [-0.25, -0.2) is 0 Å². The molecule has 0 heterocycles. The van der Waals surface area contributed by atoms with E-state index in [9.17, 15) is 4.79 Å². The van der Waals surface area contributed by atoms with Crippen molar-refractivity contribution in [3.05, 3.63) is 41.5 Å². The Morgan fingerprint density at radius 2 is 2.00 bits per heavy atom. The second kappa shape index (κ2) is 9.32. The highest BCUT2D eigenvalue weighted by Crippen LogP contribution is 2.21. The zero-order valence-electron chi connectivity index (χ0n) is 12.2. The molecule has 3 heteroatoms. The van der Waals surface area contributed by atoms with Gasteiger partial charge in [0.2, 0.25) is 0 Å². The first kappa shape index (κ1) is 16.4. The average Bonchev–Trinajstić information content (AvgIpc) is 2.45. The van der Waals surface area contributed by atoms with Crippen molar-refractivity contribution in [3.63, 3.8) is 0 Å². The minimum absolute atomic E-state index is 0.226. The van der Waals surface area contributed by atoms with Crippen LogP contribution < -0.4 is 5.73 Å². The highest BCUT2D eigenvalue weighted by atomic mass is 16.4. The number of rotatable bonds is 9. The summed E-state index contributed by atoms with van der Waals surface area (Å²) in [6.07, 6.45) is 8.49. The lowest BCUT2D eigenvalue weighted by Gasteiger charge is -2.10. The molecule has 0 aromatic heterocycles. The summed E-state index contributed by atoms with van der Waals surface area (Å²) in [5, 5.41) is 8.70. The second-order valence-corrected chi connectivity index (χ2v) is 5.19. The predicted molar refractivity (Wildman–Crippen MR) is 83.7 cm³/mol. The summed E-state index contributed by atoms with van der Waals surface area (Å²) in [5.74, 6) is -0.442. The quantitative estimate of drug-likeness (QED) is 0.674. The van der Waals surface area contributed by atoms with Gasteiger partial charge in [-0.15, -0.1) is 0 Å². The first-order valence-corrected chi connectivity index (χ1v) is 7.32. The standard InChI is InChI=1S/C17H25NO2/c1-14(7-12-17(19)20)16-10-8-15(9-11-16)6-4-2-3-5-13-18/h4,6,8-11,14H,2-3,5,7,12-13,18H2,1H3,(H,19,20)/b6-4+. The molecule has 110 valence electrons. The highest BCUT2D eigenvalue weighted by Gasteiger charge is 2.07. The molecule has 20 heavy (non-hydrogen) atoms. The van der Waals surface area contributed by atoms with E-state index in [1.165, 1.54) is 11.1 Å². The van der Waals surface area contributed by atoms with Gasteiger partial charge in [0.05, 0.1) is 0 Å². The van der Waals surface area contributed by atoms with Crippen LogP contribution in [-0.2, 0) is 4.79 Å². The van der Waals surface area contributed by atoms with E-state index in [2.05, 4.69) is 43.3 Å². The number of aliphatic carboxylic acids is 1. The van der Waals surface area contributed by atoms with Crippen LogP contribution in [0.2, 0.25) is 0 Å². The molecule has 0 spiro atoms. The summed E-state index contributed by atoms with van der Waals surface area (Å²) in [7, 11) is 0. The van der Waals surface area contributed by atoms with Gasteiger partial charge in [0, 0.05) is 6.42 Å². The molecule has 0 aliphatic carbocycles. The third kappa shape index (κ3) is 6.53. The smallest absolute Gasteiger partial charge is 0.303 e. The van der Waals surface area contributed by atoms with Crippen molar-refractivity contribution in [3.8, 4) is 0 Å². The number of nitrogens with two attached hydrogens (primary N) is 1. The van der Waals surface area contributed by atoms with Crippen LogP contribution in [-0.4, -0.2) is 17.6 Å². The van der Waals surface area contributed by atoms with Crippen LogP contribution in [0.1, 0.15) is 56.1 Å². The first-order valence-electron chi connectivity index (χ1n) is 7.32. The molecule has 1 unspecified atom stereocenters. The Labute approximate surface area is 121 Å². The average molecular weight is 275 g/mol. The van der Waals surface area contributed by atoms with Gasteiger partial charge in [0.15, 0.2) is 0 Å². The molecule has 3 nitrogen and oxygen atoms in total. The molecule has 0 radical (unpaired) electrons. The molecule has 0 saturated heterocycles. The van der Waals surface area contributed by atoms with Crippen LogP contribution in [0.5, 0.6) is 0 Å². The monoisotopic (exact) mass is 275 g/mol. The predicted octanol–water partition coefficient (Wildman–Crippen LogP) is 3.80. The van der Waals surface area contributed by atoms with Crippen molar-refractivity contribution in [2.24, 2.45) is 5.73 Å². The minimum atomic E-state index is -0.728. The van der Waals surface area contributed by atoms with Gasteiger partial charge < -0.3 is 10.8 Å². The maximum absolute atomic E-state index is 10.6. The van der Waals surface area contributed by atoms with Crippen LogP contribution in [0.4, 0.5) is 0 Å². The third-order valence-electron chi connectivity index (χ3n) is 3.43. The van der Waals surface area contributed by atoms with Gasteiger partial charge in [-0.3, -0.25) is 4.79 Å². The van der Waals surface area contributed by atoms with E-state index in [0.717, 1.165) is 25.8 Å². The van der Waals surface area contributed by atoms with Crippen LogP contribution >= 0.6 is 0 Å². The maximum atomic E-state index is 10.6. The Morgan fingerprint density at radius 1 is 1.30 bits per heavy atom. The lowest BCUT2D eigenvalue weighted by atomic mass is 9.95. The van der Waals surface area contributed by atoms with Gasteiger partial charge >= 0.3 is 5.97 Å². The fraction of sp³-hybridized carbons (Fsp3) is 0.471. The highest BCUT2D eigenvalue weighted by molar-refractivity contribution is 5.66. The molecule has 1 aromatic rings. The minimum Gasteiger partial charge on any atom is -0.481 e. The second-order valence-electron chi connectivity index (χ2n) is 5.19. The third-order valence-corrected chi connectivity index (χ3v) is 3.43. The van der Waals surface area contributed by atoms with E-state index in [4.69, 9.17) is 10.8 Å². The fourth-order valence-corrected chi connectivity index (χ4v) is 2.07. The largest absolute Gasteiger partial charge is 0.481 e. The summed E-state index contributed by atoms with van der Waals surface area (Å²) in [6.45, 7) is 2.83. The number of hydrogen-bond acceptors (Lipinski definition) is 2. The van der Waals surface area contributed by atoms with E-state index in [1.807, 2.05) is 0 Å². The van der Waals surface area contributed by atoms with Gasteiger partial charge in [-0.05, 0) is 49.3 Å². The Bertz CT molecular complexity index is 423. The Balaban J connectivity index is 2.45. The number of allylic oxidation sites excluding steroid dienone is 1. The van der Waals surface area contributed by atoms with E-state index >= 15 is 0 Å². The Kier molecular flexibility index (Phi) is 7.66. The van der Waals surface area contributed by atoms with E-state index in [1.54, 1.807) is 0 Å². The summed E-state index contributed by atoms with van der Waals surface area (Å²) in [5.41, 5.74) is 7.84.